The number of nitrogens with zero attached hydrogens (tertiary/aromatic N) is 8. The molecule has 9 rings (SSSR count). The van der Waals surface area contributed by atoms with Crippen molar-refractivity contribution >= 4 is 118 Å². The van der Waals surface area contributed by atoms with Gasteiger partial charge in [-0.05, 0) is 178 Å². The third kappa shape index (κ3) is 13.7. The van der Waals surface area contributed by atoms with E-state index >= 15 is 0 Å². The van der Waals surface area contributed by atoms with Crippen LogP contribution in [0.1, 0.15) is 62.3 Å². The van der Waals surface area contributed by atoms with Gasteiger partial charge in [-0.15, -0.1) is 32.9 Å². The summed E-state index contributed by atoms with van der Waals surface area (Å²) in [4.78, 5) is 36.2. The molecule has 8 aromatic rings. The normalized spacial score (nSPS) is 13.7. The van der Waals surface area contributed by atoms with Crippen molar-refractivity contribution < 1.29 is 37.2 Å². The molecule has 6 aromatic carbocycles. The van der Waals surface area contributed by atoms with E-state index in [2.05, 4.69) is 46.4 Å². The Morgan fingerprint density at radius 2 is 1.07 bits per heavy atom. The van der Waals surface area contributed by atoms with Crippen LogP contribution in [0, 0.1) is 11.6 Å². The number of fused-ring (bicyclic) bond motifs is 2. The predicted octanol–water partition coefficient (Wildman–Crippen LogP) is 14.6. The molecule has 74 heavy (non-hydrogen) atoms. The first-order chi connectivity index (χ1) is 35.2. The third-order valence-corrected chi connectivity index (χ3v) is 14.3. The minimum absolute atomic E-state index is 0.149. The van der Waals surface area contributed by atoms with Gasteiger partial charge in [0.15, 0.2) is 9.73 Å². The van der Waals surface area contributed by atoms with Gasteiger partial charge in [-0.1, -0.05) is 6.07 Å². The van der Waals surface area contributed by atoms with E-state index in [1.54, 1.807) is 68.4 Å². The zero-order valence-electron chi connectivity index (χ0n) is 42.5. The fourth-order valence-electron chi connectivity index (χ4n) is 6.94. The highest BCUT2D eigenvalue weighted by atomic mass is 79.9. The lowest BCUT2D eigenvalue weighted by atomic mass is 9.79. The molecule has 0 saturated carbocycles. The van der Waals surface area contributed by atoms with Gasteiger partial charge in [0.1, 0.15) is 22.2 Å². The maximum absolute atomic E-state index is 14.7. The number of benzene rings is 6. The van der Waals surface area contributed by atoms with Crippen molar-refractivity contribution in [2.24, 2.45) is 20.5 Å². The van der Waals surface area contributed by atoms with Gasteiger partial charge in [0.25, 0.3) is 0 Å². The zero-order chi connectivity index (χ0) is 53.3. The molecule has 0 aliphatic carbocycles. The Bertz CT molecular complexity index is 3320. The number of halogens is 3. The summed E-state index contributed by atoms with van der Waals surface area (Å²) in [5.74, 6) is -1.61. The van der Waals surface area contributed by atoms with Crippen molar-refractivity contribution in [1.29, 1.82) is 0 Å². The summed E-state index contributed by atoms with van der Waals surface area (Å²) >= 11 is 6.19. The Labute approximate surface area is 445 Å². The second-order valence-electron chi connectivity index (χ2n) is 18.0. The van der Waals surface area contributed by atoms with Gasteiger partial charge < -0.3 is 28.6 Å². The molecular weight excluding hydrogens is 1050 g/mol. The lowest BCUT2D eigenvalue weighted by molar-refractivity contribution is 0.00578. The molecule has 0 amide bonds. The molecule has 20 heteroatoms. The molecule has 0 atom stereocenters. The molecule has 3 heterocycles. The minimum Gasteiger partial charge on any atom is -0.462 e. The van der Waals surface area contributed by atoms with E-state index in [4.69, 9.17) is 18.8 Å². The van der Waals surface area contributed by atoms with Gasteiger partial charge in [0.05, 0.1) is 67.4 Å². The number of aromatic nitrogens is 2. The van der Waals surface area contributed by atoms with Crippen LogP contribution in [0.25, 0.3) is 31.0 Å². The first-order valence-electron chi connectivity index (χ1n) is 23.4. The minimum atomic E-state index is -0.603. The van der Waals surface area contributed by atoms with E-state index in [1.807, 2.05) is 120 Å². The van der Waals surface area contributed by atoms with Crippen LogP contribution in [0.5, 0.6) is 0 Å². The summed E-state index contributed by atoms with van der Waals surface area (Å²) < 4.78 is 53.7. The highest BCUT2D eigenvalue weighted by Crippen LogP contribution is 2.37. The highest BCUT2D eigenvalue weighted by Gasteiger charge is 2.51. The molecule has 0 unspecified atom stereocenters. The summed E-state index contributed by atoms with van der Waals surface area (Å²) in [6, 6.07) is 35.1. The van der Waals surface area contributed by atoms with Gasteiger partial charge in [0.2, 0.25) is 0 Å². The van der Waals surface area contributed by atoms with E-state index in [-0.39, 0.29) is 23.3 Å². The molecular formula is C54H54BBrF2N8O6S2. The van der Waals surface area contributed by atoms with Crippen LogP contribution in [-0.2, 0) is 18.8 Å². The molecule has 0 radical (unpaired) electrons. The maximum atomic E-state index is 14.7. The Balaban J connectivity index is 0.000000172. The van der Waals surface area contributed by atoms with Crippen molar-refractivity contribution in [2.75, 3.05) is 51.2 Å². The van der Waals surface area contributed by atoms with E-state index in [0.29, 0.717) is 51.7 Å². The summed E-state index contributed by atoms with van der Waals surface area (Å²) in [6.07, 6.45) is 0. The predicted molar refractivity (Wildman–Crippen MR) is 296 cm³/mol. The number of hydrogen-bond acceptors (Lipinski definition) is 16. The number of anilines is 2. The van der Waals surface area contributed by atoms with Crippen LogP contribution < -0.4 is 15.3 Å². The average molecular weight is 1100 g/mol. The van der Waals surface area contributed by atoms with Crippen LogP contribution >= 0.6 is 38.6 Å². The molecule has 0 bridgehead atoms. The number of carbonyl (C=O) groups is 2. The number of ether oxygens (including phenoxy) is 2. The van der Waals surface area contributed by atoms with Gasteiger partial charge in [-0.2, -0.15) is 10.2 Å². The summed E-state index contributed by atoms with van der Waals surface area (Å²) in [5.41, 5.74) is 6.73. The Kier molecular flexibility index (Phi) is 17.8. The standard InChI is InChI=1S/C24H21FN4O2S.C20H25BFN3O2.C10H8BrNO2S/c1-4-31-24(30)16-6-12-21-22(14-16)32-23(26-21)15-5-11-20(19(25)13-15)28-27-17-7-9-18(10-8-17)29(2)3;1-19(2)20(3,4)27-21(26-19)14-7-12-18(17(22)13-14)24-23-15-8-10-16(11-9-15)25(5)6;1-2-14-9(13)6-3-4-7-8(5-6)15-10(11)12-7/h5-14H,4H2,1-3H3;7-13H,1-6H3;3-5H,2H2,1H3. The van der Waals surface area contributed by atoms with Crippen LogP contribution in [0.15, 0.2) is 146 Å². The smallest absolute Gasteiger partial charge is 0.462 e. The number of carbonyl (C=O) groups excluding carboxylic acids is 2. The average Bonchev–Trinajstić information content (AvgIpc) is 4.04. The first-order valence-corrected chi connectivity index (χ1v) is 25.8. The van der Waals surface area contributed by atoms with Crippen molar-refractivity contribution in [3.63, 3.8) is 0 Å². The summed E-state index contributed by atoms with van der Waals surface area (Å²) in [7, 11) is 7.24. The van der Waals surface area contributed by atoms with Gasteiger partial charge in [-0.25, -0.2) is 28.3 Å². The topological polar surface area (TPSA) is 153 Å². The van der Waals surface area contributed by atoms with Crippen molar-refractivity contribution in [2.45, 2.75) is 52.7 Å². The number of azo groups is 2. The first kappa shape index (κ1) is 54.9. The van der Waals surface area contributed by atoms with Crippen molar-refractivity contribution in [3.8, 4) is 10.6 Å². The molecule has 1 aliphatic heterocycles. The van der Waals surface area contributed by atoms with Crippen molar-refractivity contribution in [3.05, 3.63) is 148 Å². The largest absolute Gasteiger partial charge is 0.494 e. The summed E-state index contributed by atoms with van der Waals surface area (Å²) in [5, 5.41) is 17.0. The van der Waals surface area contributed by atoms with Gasteiger partial charge >= 0.3 is 19.1 Å². The monoisotopic (exact) mass is 1100 g/mol. The molecule has 1 saturated heterocycles. The molecule has 0 spiro atoms. The van der Waals surface area contributed by atoms with E-state index in [9.17, 15) is 18.4 Å². The Hall–Kier alpha value is -6.84. The fourth-order valence-corrected chi connectivity index (χ4v) is 9.38. The van der Waals surface area contributed by atoms with Crippen molar-refractivity contribution in [1.82, 2.24) is 9.97 Å². The van der Waals surface area contributed by atoms with Crippen LogP contribution in [0.2, 0.25) is 0 Å². The summed E-state index contributed by atoms with van der Waals surface area (Å²) in [6.45, 7) is 12.1. The zero-order valence-corrected chi connectivity index (χ0v) is 45.7. The number of thiazole rings is 2. The molecule has 14 nitrogen and oxygen atoms in total. The van der Waals surface area contributed by atoms with Gasteiger partial charge in [0, 0.05) is 45.1 Å². The lowest BCUT2D eigenvalue weighted by Crippen LogP contribution is -2.41. The van der Waals surface area contributed by atoms with Crippen LogP contribution in [0.4, 0.5) is 42.9 Å². The Morgan fingerprint density at radius 1 is 0.608 bits per heavy atom. The second-order valence-corrected chi connectivity index (χ2v) is 21.3. The van der Waals surface area contributed by atoms with E-state index < -0.39 is 30.0 Å². The molecule has 2 aromatic heterocycles. The van der Waals surface area contributed by atoms with Crippen LogP contribution in [0.3, 0.4) is 0 Å². The molecule has 0 N–H and O–H groups in total. The Morgan fingerprint density at radius 3 is 1.53 bits per heavy atom. The maximum Gasteiger partial charge on any atom is 0.494 e. The third-order valence-electron chi connectivity index (χ3n) is 11.7. The highest BCUT2D eigenvalue weighted by molar-refractivity contribution is 9.11. The number of esters is 2. The molecule has 1 fully saturated rings. The van der Waals surface area contributed by atoms with E-state index in [0.717, 1.165) is 35.7 Å². The van der Waals surface area contributed by atoms with Crippen LogP contribution in [-0.4, -0.2) is 81.6 Å². The van der Waals surface area contributed by atoms with E-state index in [1.165, 1.54) is 34.8 Å². The lowest BCUT2D eigenvalue weighted by Gasteiger charge is -2.32. The van der Waals surface area contributed by atoms with Gasteiger partial charge in [-0.3, -0.25) is 0 Å². The quantitative estimate of drug-likeness (QED) is 0.0656. The second kappa shape index (κ2) is 24.0. The number of rotatable bonds is 12. The fraction of sp³-hybridized carbons (Fsp3) is 0.259. The number of hydrogen-bond donors (Lipinski definition) is 0. The molecule has 382 valence electrons. The molecule has 1 aliphatic rings. The SMILES string of the molecule is CCOC(=O)c1ccc2nc(-c3ccc(N=Nc4ccc(N(C)C)cc4)c(F)c3)sc2c1.CCOC(=O)c1ccc2nc(Br)sc2c1.CN(C)c1ccc(N=Nc2ccc(B3OC(C)(C)C(C)(C)O3)cc2F)cc1.